The number of rotatable bonds is 3. The molecule has 2 rings (SSSR count). The van der Waals surface area contributed by atoms with Crippen molar-refractivity contribution in [3.63, 3.8) is 0 Å². The molecule has 2 aromatic carbocycles. The van der Waals surface area contributed by atoms with Crippen molar-refractivity contribution in [2.45, 2.75) is 12.5 Å². The van der Waals surface area contributed by atoms with E-state index in [1.54, 1.807) is 12.1 Å². The summed E-state index contributed by atoms with van der Waals surface area (Å²) in [5.74, 6) is -0.140. The van der Waals surface area contributed by atoms with Crippen LogP contribution in [0.1, 0.15) is 18.0 Å². The van der Waals surface area contributed by atoms with E-state index in [1.807, 2.05) is 24.3 Å². The summed E-state index contributed by atoms with van der Waals surface area (Å²) in [6, 6.07) is 10.3. The fourth-order valence-electron chi connectivity index (χ4n) is 2.00. The highest BCUT2D eigenvalue weighted by Gasteiger charge is 2.15. The zero-order valence-corrected chi connectivity index (χ0v) is 10.1. The van der Waals surface area contributed by atoms with E-state index in [0.717, 1.165) is 16.3 Å². The van der Waals surface area contributed by atoms with Crippen molar-refractivity contribution in [3.8, 4) is 5.75 Å². The molecule has 0 saturated carbocycles. The highest BCUT2D eigenvalue weighted by atomic mass is 16.5. The molecule has 3 N–H and O–H groups in total. The van der Waals surface area contributed by atoms with Gasteiger partial charge in [-0.1, -0.05) is 30.3 Å². The van der Waals surface area contributed by atoms with Gasteiger partial charge in [-0.05, 0) is 17.0 Å². The van der Waals surface area contributed by atoms with Gasteiger partial charge in [-0.15, -0.1) is 0 Å². The molecule has 1 atom stereocenters. The number of carbonyl (C=O) groups excluding carboxylic acids is 1. The normalized spacial score (nSPS) is 12.3. The lowest BCUT2D eigenvalue weighted by Crippen LogP contribution is -2.16. The third-order valence-corrected chi connectivity index (χ3v) is 2.95. The lowest BCUT2D eigenvalue weighted by molar-refractivity contribution is -0.141. The molecular formula is C14H15NO3. The fourth-order valence-corrected chi connectivity index (χ4v) is 2.00. The van der Waals surface area contributed by atoms with Crippen molar-refractivity contribution in [2.24, 2.45) is 5.73 Å². The lowest BCUT2D eigenvalue weighted by Gasteiger charge is -2.14. The van der Waals surface area contributed by atoms with Crippen LogP contribution < -0.4 is 5.73 Å². The molecule has 2 aromatic rings. The van der Waals surface area contributed by atoms with Gasteiger partial charge < -0.3 is 15.6 Å². The SMILES string of the molecule is COC(=O)C[C@@H](N)c1ccc(O)c2ccccc12. The largest absolute Gasteiger partial charge is 0.507 e. The van der Waals surface area contributed by atoms with Crippen LogP contribution in [0.4, 0.5) is 0 Å². The standard InChI is InChI=1S/C14H15NO3/c1-18-14(17)8-12(15)10-6-7-13(16)11-5-3-2-4-9(10)11/h2-7,12,16H,8,15H2,1H3/t12-/m1/s1. The molecule has 0 aliphatic rings. The average molecular weight is 245 g/mol. The van der Waals surface area contributed by atoms with Crippen LogP contribution in [0.25, 0.3) is 10.8 Å². The van der Waals surface area contributed by atoms with Gasteiger partial charge in [-0.25, -0.2) is 0 Å². The molecule has 0 fully saturated rings. The number of phenolic OH excluding ortho intramolecular Hbond substituents is 1. The van der Waals surface area contributed by atoms with Crippen molar-refractivity contribution in [1.82, 2.24) is 0 Å². The highest BCUT2D eigenvalue weighted by molar-refractivity contribution is 5.91. The van der Waals surface area contributed by atoms with Crippen LogP contribution in [0.3, 0.4) is 0 Å². The second-order valence-electron chi connectivity index (χ2n) is 4.11. The minimum Gasteiger partial charge on any atom is -0.507 e. The molecule has 0 heterocycles. The number of nitrogens with two attached hydrogens (primary N) is 1. The number of esters is 1. The molecule has 0 aliphatic carbocycles. The topological polar surface area (TPSA) is 72.5 Å². The fraction of sp³-hybridized carbons (Fsp3) is 0.214. The Morgan fingerprint density at radius 1 is 1.28 bits per heavy atom. The number of carbonyl (C=O) groups is 1. The van der Waals surface area contributed by atoms with Crippen molar-refractivity contribution in [3.05, 3.63) is 42.0 Å². The molecule has 4 nitrogen and oxygen atoms in total. The summed E-state index contributed by atoms with van der Waals surface area (Å²) in [5, 5.41) is 11.4. The van der Waals surface area contributed by atoms with E-state index in [2.05, 4.69) is 4.74 Å². The zero-order valence-electron chi connectivity index (χ0n) is 10.1. The Morgan fingerprint density at radius 2 is 1.94 bits per heavy atom. The molecule has 18 heavy (non-hydrogen) atoms. The van der Waals surface area contributed by atoms with Crippen LogP contribution in [0, 0.1) is 0 Å². The van der Waals surface area contributed by atoms with Gasteiger partial charge in [0, 0.05) is 11.4 Å². The third-order valence-electron chi connectivity index (χ3n) is 2.95. The van der Waals surface area contributed by atoms with Gasteiger partial charge in [-0.3, -0.25) is 4.79 Å². The molecule has 4 heteroatoms. The van der Waals surface area contributed by atoms with E-state index < -0.39 is 6.04 Å². The summed E-state index contributed by atoms with van der Waals surface area (Å²) in [7, 11) is 1.34. The van der Waals surface area contributed by atoms with Crippen molar-refractivity contribution < 1.29 is 14.6 Å². The summed E-state index contributed by atoms with van der Waals surface area (Å²) >= 11 is 0. The number of hydrogen-bond donors (Lipinski definition) is 2. The maximum absolute atomic E-state index is 11.2. The first-order valence-corrected chi connectivity index (χ1v) is 5.66. The summed E-state index contributed by atoms with van der Waals surface area (Å²) < 4.78 is 4.61. The summed E-state index contributed by atoms with van der Waals surface area (Å²) in [6.07, 6.45) is 0.116. The van der Waals surface area contributed by atoms with Crippen LogP contribution in [0.5, 0.6) is 5.75 Å². The van der Waals surface area contributed by atoms with E-state index in [4.69, 9.17) is 5.73 Å². The van der Waals surface area contributed by atoms with Gasteiger partial charge in [0.05, 0.1) is 13.5 Å². The van der Waals surface area contributed by atoms with E-state index in [-0.39, 0.29) is 18.1 Å². The molecule has 0 unspecified atom stereocenters. The quantitative estimate of drug-likeness (QED) is 0.812. The van der Waals surface area contributed by atoms with Gasteiger partial charge in [0.25, 0.3) is 0 Å². The van der Waals surface area contributed by atoms with Gasteiger partial charge in [0.15, 0.2) is 0 Å². The van der Waals surface area contributed by atoms with Crippen LogP contribution in [-0.4, -0.2) is 18.2 Å². The number of ether oxygens (including phenoxy) is 1. The molecule has 0 radical (unpaired) electrons. The minimum atomic E-state index is -0.442. The monoisotopic (exact) mass is 245 g/mol. The van der Waals surface area contributed by atoms with Gasteiger partial charge in [0.2, 0.25) is 0 Å². The van der Waals surface area contributed by atoms with Gasteiger partial charge in [-0.2, -0.15) is 0 Å². The summed E-state index contributed by atoms with van der Waals surface area (Å²) in [6.45, 7) is 0. The second kappa shape index (κ2) is 5.06. The lowest BCUT2D eigenvalue weighted by atomic mass is 9.97. The Labute approximate surface area is 105 Å². The van der Waals surface area contributed by atoms with Crippen LogP contribution in [0.15, 0.2) is 36.4 Å². The highest BCUT2D eigenvalue weighted by Crippen LogP contribution is 2.31. The minimum absolute atomic E-state index is 0.116. The zero-order chi connectivity index (χ0) is 13.1. The Kier molecular flexibility index (Phi) is 3.48. The Bertz CT molecular complexity index is 580. The third kappa shape index (κ3) is 2.28. The van der Waals surface area contributed by atoms with Crippen LogP contribution in [0.2, 0.25) is 0 Å². The van der Waals surface area contributed by atoms with E-state index in [9.17, 15) is 9.90 Å². The van der Waals surface area contributed by atoms with Gasteiger partial charge >= 0.3 is 5.97 Å². The first kappa shape index (κ1) is 12.4. The molecule has 0 bridgehead atoms. The van der Waals surface area contributed by atoms with Crippen LogP contribution in [-0.2, 0) is 9.53 Å². The average Bonchev–Trinajstić information content (AvgIpc) is 2.39. The molecule has 0 saturated heterocycles. The van der Waals surface area contributed by atoms with Gasteiger partial charge in [0.1, 0.15) is 5.75 Å². The first-order chi connectivity index (χ1) is 8.63. The number of hydrogen-bond acceptors (Lipinski definition) is 4. The molecule has 0 aliphatic heterocycles. The number of aromatic hydroxyl groups is 1. The molecule has 0 amide bonds. The predicted octanol–water partition coefficient (Wildman–Crippen LogP) is 2.11. The van der Waals surface area contributed by atoms with E-state index in [0.29, 0.717) is 0 Å². The Hall–Kier alpha value is -2.07. The van der Waals surface area contributed by atoms with Crippen molar-refractivity contribution in [1.29, 1.82) is 0 Å². The molecule has 94 valence electrons. The number of fused-ring (bicyclic) bond motifs is 1. The van der Waals surface area contributed by atoms with E-state index >= 15 is 0 Å². The Morgan fingerprint density at radius 3 is 2.61 bits per heavy atom. The molecule has 0 aromatic heterocycles. The van der Waals surface area contributed by atoms with Crippen molar-refractivity contribution >= 4 is 16.7 Å². The first-order valence-electron chi connectivity index (χ1n) is 5.66. The predicted molar refractivity (Wildman–Crippen MR) is 69.2 cm³/mol. The maximum Gasteiger partial charge on any atom is 0.307 e. The number of phenols is 1. The molecule has 0 spiro atoms. The van der Waals surface area contributed by atoms with Crippen molar-refractivity contribution in [2.75, 3.05) is 7.11 Å². The second-order valence-corrected chi connectivity index (χ2v) is 4.11. The number of benzene rings is 2. The maximum atomic E-state index is 11.2. The summed E-state index contributed by atoms with van der Waals surface area (Å²) in [5.41, 5.74) is 6.83. The van der Waals surface area contributed by atoms with E-state index in [1.165, 1.54) is 7.11 Å². The Balaban J connectivity index is 2.45. The smallest absolute Gasteiger partial charge is 0.307 e. The van der Waals surface area contributed by atoms with Crippen LogP contribution >= 0.6 is 0 Å². The molecular weight excluding hydrogens is 230 g/mol. The summed E-state index contributed by atoms with van der Waals surface area (Å²) in [4.78, 5) is 11.2. The number of methoxy groups -OCH3 is 1.